The van der Waals surface area contributed by atoms with Gasteiger partial charge in [0.25, 0.3) is 0 Å². The molecule has 3 rings (SSSR count). The average molecular weight is 271 g/mol. The van der Waals surface area contributed by atoms with Crippen molar-refractivity contribution in [2.24, 2.45) is 0 Å². The van der Waals surface area contributed by atoms with Crippen molar-refractivity contribution in [2.45, 2.75) is 0 Å². The lowest BCUT2D eigenvalue weighted by Crippen LogP contribution is -2.29. The van der Waals surface area contributed by atoms with Gasteiger partial charge in [0.15, 0.2) is 0 Å². The van der Waals surface area contributed by atoms with E-state index in [1.54, 1.807) is 42.5 Å². The summed E-state index contributed by atoms with van der Waals surface area (Å²) in [4.78, 5) is 4.48. The van der Waals surface area contributed by atoms with E-state index >= 15 is 0 Å². The van der Waals surface area contributed by atoms with Gasteiger partial charge in [0.1, 0.15) is 10.8 Å². The highest BCUT2D eigenvalue weighted by molar-refractivity contribution is 7.21. The summed E-state index contributed by atoms with van der Waals surface area (Å²) < 4.78 is 0.918. The second-order valence-corrected chi connectivity index (χ2v) is 5.20. The van der Waals surface area contributed by atoms with Crippen LogP contribution in [-0.2, 0) is 0 Å². The normalized spacial score (nSPS) is 10.8. The fraction of sp³-hybridized carbons (Fsp3) is 0. The number of hydrogen-bond acceptors (Lipinski definition) is 5. The standard InChI is InChI=1S/C13H10BNO3S/c16-10-5-6-11-12(7-10)19-13(15-11)8-1-3-9(4-2-8)14(17)18/h1-7,16-18H. The van der Waals surface area contributed by atoms with Gasteiger partial charge in [-0.1, -0.05) is 24.3 Å². The summed E-state index contributed by atoms with van der Waals surface area (Å²) in [7, 11) is -1.46. The van der Waals surface area contributed by atoms with E-state index in [9.17, 15) is 5.11 Å². The van der Waals surface area contributed by atoms with Crippen molar-refractivity contribution in [3.05, 3.63) is 42.5 Å². The Labute approximate surface area is 113 Å². The van der Waals surface area contributed by atoms with Crippen molar-refractivity contribution in [1.82, 2.24) is 4.98 Å². The number of phenols is 1. The summed E-state index contributed by atoms with van der Waals surface area (Å²) in [6.45, 7) is 0. The summed E-state index contributed by atoms with van der Waals surface area (Å²) >= 11 is 1.48. The lowest BCUT2D eigenvalue weighted by atomic mass is 9.80. The Bertz CT molecular complexity index is 724. The third-order valence-electron chi connectivity index (χ3n) is 2.83. The van der Waals surface area contributed by atoms with Gasteiger partial charge in [-0.3, -0.25) is 0 Å². The fourth-order valence-electron chi connectivity index (χ4n) is 1.83. The van der Waals surface area contributed by atoms with Crippen LogP contribution in [0.1, 0.15) is 0 Å². The second-order valence-electron chi connectivity index (χ2n) is 4.17. The van der Waals surface area contributed by atoms with E-state index in [0.29, 0.717) is 5.46 Å². The molecule has 0 radical (unpaired) electrons. The number of hydrogen-bond donors (Lipinski definition) is 3. The highest BCUT2D eigenvalue weighted by Crippen LogP contribution is 2.31. The predicted molar refractivity (Wildman–Crippen MR) is 76.5 cm³/mol. The highest BCUT2D eigenvalue weighted by Gasteiger charge is 2.11. The first kappa shape index (κ1) is 12.2. The summed E-state index contributed by atoms with van der Waals surface area (Å²) in [5.41, 5.74) is 2.19. The number of nitrogens with zero attached hydrogens (tertiary/aromatic N) is 1. The summed E-state index contributed by atoms with van der Waals surface area (Å²) in [5.74, 6) is 0.224. The van der Waals surface area contributed by atoms with Crippen molar-refractivity contribution >= 4 is 34.1 Å². The van der Waals surface area contributed by atoms with Gasteiger partial charge in [-0.05, 0) is 23.7 Å². The molecule has 0 spiro atoms. The minimum atomic E-state index is -1.46. The third kappa shape index (κ3) is 2.33. The first-order chi connectivity index (χ1) is 9.13. The van der Waals surface area contributed by atoms with Gasteiger partial charge in [0.05, 0.1) is 10.2 Å². The molecular formula is C13H10BNO3S. The van der Waals surface area contributed by atoms with Crippen molar-refractivity contribution in [3.63, 3.8) is 0 Å². The van der Waals surface area contributed by atoms with Gasteiger partial charge < -0.3 is 15.2 Å². The van der Waals surface area contributed by atoms with Crippen LogP contribution >= 0.6 is 11.3 Å². The molecule has 0 saturated carbocycles. The van der Waals surface area contributed by atoms with E-state index in [-0.39, 0.29) is 5.75 Å². The van der Waals surface area contributed by atoms with E-state index in [4.69, 9.17) is 10.0 Å². The van der Waals surface area contributed by atoms with Crippen molar-refractivity contribution in [2.75, 3.05) is 0 Å². The zero-order valence-electron chi connectivity index (χ0n) is 9.82. The zero-order valence-corrected chi connectivity index (χ0v) is 10.6. The number of benzene rings is 2. The van der Waals surface area contributed by atoms with Crippen molar-refractivity contribution in [1.29, 1.82) is 0 Å². The molecule has 4 nitrogen and oxygen atoms in total. The molecule has 1 heterocycles. The molecule has 19 heavy (non-hydrogen) atoms. The molecule has 0 aliphatic rings. The molecule has 2 aromatic carbocycles. The van der Waals surface area contributed by atoms with Crippen LogP contribution in [0, 0.1) is 0 Å². The van der Waals surface area contributed by atoms with Crippen LogP contribution in [0.4, 0.5) is 0 Å². The molecule has 0 fully saturated rings. The molecule has 0 saturated heterocycles. The van der Waals surface area contributed by atoms with Gasteiger partial charge in [0.2, 0.25) is 0 Å². The van der Waals surface area contributed by atoms with Gasteiger partial charge in [-0.2, -0.15) is 0 Å². The zero-order chi connectivity index (χ0) is 13.4. The number of thiazole rings is 1. The van der Waals surface area contributed by atoms with Crippen LogP contribution in [0.15, 0.2) is 42.5 Å². The number of rotatable bonds is 2. The third-order valence-corrected chi connectivity index (χ3v) is 3.90. The molecule has 3 aromatic rings. The minimum absolute atomic E-state index is 0.224. The Hall–Kier alpha value is -1.89. The summed E-state index contributed by atoms with van der Waals surface area (Å²) in [6, 6.07) is 12.0. The van der Waals surface area contributed by atoms with Gasteiger partial charge in [-0.15, -0.1) is 11.3 Å². The SMILES string of the molecule is OB(O)c1ccc(-c2nc3ccc(O)cc3s2)cc1. The fourth-order valence-corrected chi connectivity index (χ4v) is 2.84. The van der Waals surface area contributed by atoms with Crippen LogP contribution < -0.4 is 5.46 Å². The van der Waals surface area contributed by atoms with E-state index in [0.717, 1.165) is 20.8 Å². The monoisotopic (exact) mass is 271 g/mol. The average Bonchev–Trinajstić information content (AvgIpc) is 2.81. The minimum Gasteiger partial charge on any atom is -0.508 e. The van der Waals surface area contributed by atoms with Gasteiger partial charge in [-0.25, -0.2) is 4.98 Å². The number of aromatic hydroxyl groups is 1. The molecular weight excluding hydrogens is 261 g/mol. The topological polar surface area (TPSA) is 73.6 Å². The summed E-state index contributed by atoms with van der Waals surface area (Å²) in [6.07, 6.45) is 0. The predicted octanol–water partition coefficient (Wildman–Crippen LogP) is 1.35. The quantitative estimate of drug-likeness (QED) is 0.615. The Kier molecular flexibility index (Phi) is 2.98. The lowest BCUT2D eigenvalue weighted by molar-refractivity contribution is 0.426. The maximum absolute atomic E-state index is 9.43. The first-order valence-corrected chi connectivity index (χ1v) is 6.51. The maximum Gasteiger partial charge on any atom is 0.488 e. The molecule has 0 atom stereocenters. The maximum atomic E-state index is 9.43. The van der Waals surface area contributed by atoms with Crippen molar-refractivity contribution in [3.8, 4) is 16.3 Å². The molecule has 0 aliphatic carbocycles. The largest absolute Gasteiger partial charge is 0.508 e. The number of aromatic nitrogens is 1. The molecule has 3 N–H and O–H groups in total. The lowest BCUT2D eigenvalue weighted by Gasteiger charge is -2.00. The molecule has 0 unspecified atom stereocenters. The molecule has 1 aromatic heterocycles. The van der Waals surface area contributed by atoms with E-state index in [1.165, 1.54) is 11.3 Å². The van der Waals surface area contributed by atoms with Crippen LogP contribution in [0.3, 0.4) is 0 Å². The van der Waals surface area contributed by atoms with Crippen LogP contribution in [-0.4, -0.2) is 27.3 Å². The highest BCUT2D eigenvalue weighted by atomic mass is 32.1. The number of fused-ring (bicyclic) bond motifs is 1. The second kappa shape index (κ2) is 4.66. The van der Waals surface area contributed by atoms with E-state index in [2.05, 4.69) is 4.98 Å². The molecule has 0 amide bonds. The number of phenolic OH excluding ortho intramolecular Hbond substituents is 1. The molecule has 94 valence electrons. The molecule has 0 bridgehead atoms. The Morgan fingerprint density at radius 1 is 1.00 bits per heavy atom. The van der Waals surface area contributed by atoms with E-state index < -0.39 is 7.12 Å². The Morgan fingerprint density at radius 2 is 1.74 bits per heavy atom. The Balaban J connectivity index is 2.03. The first-order valence-electron chi connectivity index (χ1n) is 5.69. The Morgan fingerprint density at radius 3 is 2.42 bits per heavy atom. The molecule has 6 heteroatoms. The van der Waals surface area contributed by atoms with Crippen LogP contribution in [0.5, 0.6) is 5.75 Å². The van der Waals surface area contributed by atoms with Crippen LogP contribution in [0.2, 0.25) is 0 Å². The summed E-state index contributed by atoms with van der Waals surface area (Å²) in [5, 5.41) is 28.4. The smallest absolute Gasteiger partial charge is 0.488 e. The van der Waals surface area contributed by atoms with Crippen molar-refractivity contribution < 1.29 is 15.2 Å². The van der Waals surface area contributed by atoms with Crippen LogP contribution in [0.25, 0.3) is 20.8 Å². The van der Waals surface area contributed by atoms with Gasteiger partial charge in [0, 0.05) is 5.56 Å². The molecule has 0 aliphatic heterocycles. The van der Waals surface area contributed by atoms with Gasteiger partial charge >= 0.3 is 7.12 Å². The van der Waals surface area contributed by atoms with E-state index in [1.807, 2.05) is 0 Å².